The number of nitrogens with zero attached hydrogens (tertiary/aromatic N) is 1. The lowest BCUT2D eigenvalue weighted by Crippen LogP contribution is -2.37. The third-order valence-electron chi connectivity index (χ3n) is 2.47. The summed E-state index contributed by atoms with van der Waals surface area (Å²) in [5.41, 5.74) is 1.50. The molecule has 2 heterocycles. The van der Waals surface area contributed by atoms with Crippen LogP contribution in [0.2, 0.25) is 0 Å². The maximum atomic E-state index is 11.9. The van der Waals surface area contributed by atoms with E-state index in [1.807, 2.05) is 11.4 Å². The molecular weight excluding hydrogens is 247 g/mol. The monoisotopic (exact) mass is 257 g/mol. The molecule has 0 bridgehead atoms. The number of hydrogen-bond acceptors (Lipinski definition) is 2. The third-order valence-corrected chi connectivity index (χ3v) is 2.47. The number of halogens is 3. The number of carbonyl (C=O) groups is 1. The average Bonchev–Trinajstić information content (AvgIpc) is 2.71. The van der Waals surface area contributed by atoms with Crippen molar-refractivity contribution in [2.24, 2.45) is 0 Å². The highest BCUT2D eigenvalue weighted by atomic mass is 19.4. The summed E-state index contributed by atoms with van der Waals surface area (Å²) < 4.78 is 35.8. The van der Waals surface area contributed by atoms with Gasteiger partial charge in [-0.2, -0.15) is 13.2 Å². The number of hydrogen-bond donors (Lipinski definition) is 2. The number of pyridine rings is 1. The molecular formula is C11H10F3N3O. The molecule has 0 aromatic carbocycles. The fourth-order valence-electron chi connectivity index (χ4n) is 1.63. The Bertz CT molecular complexity index is 562. The molecule has 96 valence electrons. The highest BCUT2D eigenvalue weighted by Crippen LogP contribution is 2.16. The van der Waals surface area contributed by atoms with E-state index in [4.69, 9.17) is 0 Å². The second-order valence-electron chi connectivity index (χ2n) is 3.72. The number of rotatable bonds is 3. The van der Waals surface area contributed by atoms with Crippen LogP contribution in [0.4, 0.5) is 13.2 Å². The minimum Gasteiger partial charge on any atom is -0.348 e. The quantitative estimate of drug-likeness (QED) is 0.880. The lowest BCUT2D eigenvalue weighted by atomic mass is 10.1. The zero-order chi connectivity index (χ0) is 13.2. The van der Waals surface area contributed by atoms with E-state index in [-0.39, 0.29) is 6.54 Å². The van der Waals surface area contributed by atoms with E-state index in [9.17, 15) is 18.0 Å². The van der Waals surface area contributed by atoms with Crippen molar-refractivity contribution in [2.45, 2.75) is 12.6 Å². The summed E-state index contributed by atoms with van der Waals surface area (Å²) in [5, 5.41) is 2.67. The van der Waals surface area contributed by atoms with Crippen molar-refractivity contribution in [2.75, 3.05) is 6.54 Å². The fraction of sp³-hybridized carbons (Fsp3) is 0.273. The number of fused-ring (bicyclic) bond motifs is 1. The smallest absolute Gasteiger partial charge is 0.348 e. The lowest BCUT2D eigenvalue weighted by Gasteiger charge is -2.07. The van der Waals surface area contributed by atoms with E-state index in [2.05, 4.69) is 9.97 Å². The molecule has 0 atom stereocenters. The van der Waals surface area contributed by atoms with Crippen LogP contribution in [-0.2, 0) is 11.2 Å². The van der Waals surface area contributed by atoms with Crippen LogP contribution in [0.15, 0.2) is 24.5 Å². The van der Waals surface area contributed by atoms with Crippen LogP contribution in [0.3, 0.4) is 0 Å². The number of nitrogens with one attached hydrogen (secondary N) is 2. The maximum Gasteiger partial charge on any atom is 0.471 e. The topological polar surface area (TPSA) is 57.8 Å². The van der Waals surface area contributed by atoms with E-state index in [1.165, 1.54) is 0 Å². The zero-order valence-electron chi connectivity index (χ0n) is 9.21. The number of alkyl halides is 3. The number of carbonyl (C=O) groups excluding carboxylic acids is 1. The second kappa shape index (κ2) is 4.67. The SMILES string of the molecule is O=C(NCCc1c[nH]c2ncccc12)C(F)(F)F. The predicted molar refractivity (Wildman–Crippen MR) is 58.9 cm³/mol. The highest BCUT2D eigenvalue weighted by molar-refractivity contribution is 5.82. The van der Waals surface area contributed by atoms with Gasteiger partial charge in [-0.3, -0.25) is 4.79 Å². The van der Waals surface area contributed by atoms with Gasteiger partial charge < -0.3 is 10.3 Å². The molecule has 2 aromatic rings. The van der Waals surface area contributed by atoms with Crippen LogP contribution in [-0.4, -0.2) is 28.6 Å². The van der Waals surface area contributed by atoms with Crippen LogP contribution in [0.1, 0.15) is 5.56 Å². The summed E-state index contributed by atoms with van der Waals surface area (Å²) in [6.07, 6.45) is -1.22. The molecule has 0 fully saturated rings. The van der Waals surface area contributed by atoms with Crippen molar-refractivity contribution in [1.82, 2.24) is 15.3 Å². The van der Waals surface area contributed by atoms with Crippen molar-refractivity contribution in [3.63, 3.8) is 0 Å². The van der Waals surface area contributed by atoms with Crippen LogP contribution in [0.5, 0.6) is 0 Å². The second-order valence-corrected chi connectivity index (χ2v) is 3.72. The van der Waals surface area contributed by atoms with Gasteiger partial charge >= 0.3 is 12.1 Å². The van der Waals surface area contributed by atoms with Gasteiger partial charge in [-0.05, 0) is 24.1 Å². The number of amides is 1. The summed E-state index contributed by atoms with van der Waals surface area (Å²) in [7, 11) is 0. The summed E-state index contributed by atoms with van der Waals surface area (Å²) >= 11 is 0. The standard InChI is InChI=1S/C11H10F3N3O/c12-11(13,14)10(18)16-5-3-7-6-17-9-8(7)2-1-4-15-9/h1-2,4,6H,3,5H2,(H,15,17)(H,16,18). The van der Waals surface area contributed by atoms with Gasteiger partial charge in [-0.15, -0.1) is 0 Å². The van der Waals surface area contributed by atoms with Crippen LogP contribution < -0.4 is 5.32 Å². The van der Waals surface area contributed by atoms with Crippen molar-refractivity contribution < 1.29 is 18.0 Å². The Morgan fingerprint density at radius 2 is 2.22 bits per heavy atom. The molecule has 0 unspecified atom stereocenters. The van der Waals surface area contributed by atoms with Gasteiger partial charge in [0.15, 0.2) is 0 Å². The van der Waals surface area contributed by atoms with Gasteiger partial charge in [0, 0.05) is 24.3 Å². The molecule has 7 heteroatoms. The molecule has 4 nitrogen and oxygen atoms in total. The minimum absolute atomic E-state index is 0.0693. The molecule has 0 saturated heterocycles. The lowest BCUT2D eigenvalue weighted by molar-refractivity contribution is -0.173. The molecule has 2 aromatic heterocycles. The summed E-state index contributed by atoms with van der Waals surface area (Å²) in [5.74, 6) is -1.92. The average molecular weight is 257 g/mol. The normalized spacial score (nSPS) is 11.7. The van der Waals surface area contributed by atoms with Crippen LogP contribution in [0.25, 0.3) is 11.0 Å². The summed E-state index contributed by atoms with van der Waals surface area (Å²) in [6, 6.07) is 3.56. The van der Waals surface area contributed by atoms with E-state index in [0.29, 0.717) is 12.1 Å². The third kappa shape index (κ3) is 2.61. The Balaban J connectivity index is 1.97. The van der Waals surface area contributed by atoms with Gasteiger partial charge in [-0.25, -0.2) is 4.98 Å². The number of aromatic nitrogens is 2. The van der Waals surface area contributed by atoms with Gasteiger partial charge in [0.2, 0.25) is 0 Å². The first kappa shape index (κ1) is 12.4. The molecule has 0 aliphatic rings. The highest BCUT2D eigenvalue weighted by Gasteiger charge is 2.38. The first-order chi connectivity index (χ1) is 8.48. The fourth-order valence-corrected chi connectivity index (χ4v) is 1.63. The molecule has 0 spiro atoms. The van der Waals surface area contributed by atoms with Gasteiger partial charge in [0.1, 0.15) is 5.65 Å². The molecule has 18 heavy (non-hydrogen) atoms. The largest absolute Gasteiger partial charge is 0.471 e. The molecule has 2 N–H and O–H groups in total. The Labute approximate surface area is 100 Å². The molecule has 2 rings (SSSR count). The Morgan fingerprint density at radius 1 is 1.44 bits per heavy atom. The van der Waals surface area contributed by atoms with Gasteiger partial charge in [-0.1, -0.05) is 0 Å². The summed E-state index contributed by atoms with van der Waals surface area (Å²) in [4.78, 5) is 17.6. The molecule has 0 radical (unpaired) electrons. The first-order valence-corrected chi connectivity index (χ1v) is 5.24. The van der Waals surface area contributed by atoms with Crippen molar-refractivity contribution in [3.05, 3.63) is 30.1 Å². The molecule has 0 aliphatic carbocycles. The van der Waals surface area contributed by atoms with Gasteiger partial charge in [0.05, 0.1) is 0 Å². The Morgan fingerprint density at radius 3 is 2.94 bits per heavy atom. The Kier molecular flexibility index (Phi) is 3.22. The zero-order valence-corrected chi connectivity index (χ0v) is 9.21. The van der Waals surface area contributed by atoms with Crippen molar-refractivity contribution in [3.8, 4) is 0 Å². The van der Waals surface area contributed by atoms with E-state index in [1.54, 1.807) is 18.5 Å². The van der Waals surface area contributed by atoms with Crippen molar-refractivity contribution >= 4 is 16.9 Å². The van der Waals surface area contributed by atoms with Crippen LogP contribution >= 0.6 is 0 Å². The van der Waals surface area contributed by atoms with Crippen molar-refractivity contribution in [1.29, 1.82) is 0 Å². The van der Waals surface area contributed by atoms with Gasteiger partial charge in [0.25, 0.3) is 0 Å². The van der Waals surface area contributed by atoms with E-state index >= 15 is 0 Å². The Hall–Kier alpha value is -2.05. The van der Waals surface area contributed by atoms with E-state index in [0.717, 1.165) is 10.9 Å². The minimum atomic E-state index is -4.83. The molecule has 0 saturated carbocycles. The first-order valence-electron chi connectivity index (χ1n) is 5.24. The van der Waals surface area contributed by atoms with Crippen LogP contribution in [0, 0.1) is 0 Å². The van der Waals surface area contributed by atoms with E-state index < -0.39 is 12.1 Å². The predicted octanol–water partition coefficient (Wildman–Crippen LogP) is 1.78. The maximum absolute atomic E-state index is 11.9. The molecule has 0 aliphatic heterocycles. The number of aromatic amines is 1. The molecule has 1 amide bonds. The summed E-state index contributed by atoms with van der Waals surface area (Å²) in [6.45, 7) is -0.0693. The number of H-pyrrole nitrogens is 1.